The van der Waals surface area contributed by atoms with Gasteiger partial charge in [0.2, 0.25) is 0 Å². The van der Waals surface area contributed by atoms with Crippen LogP contribution in [-0.4, -0.2) is 11.5 Å². The minimum Gasteiger partial charge on any atom is -0.389 e. The van der Waals surface area contributed by atoms with E-state index in [1.807, 2.05) is 31.2 Å². The highest BCUT2D eigenvalue weighted by atomic mass is 32.1. The molecule has 3 N–H and O–H groups in total. The third-order valence-corrected chi connectivity index (χ3v) is 2.81. The maximum Gasteiger partial charge on any atom is 0.116 e. The Balaban J connectivity index is 2.39. The zero-order valence-electron chi connectivity index (χ0n) is 10.4. The van der Waals surface area contributed by atoms with Gasteiger partial charge in [-0.25, -0.2) is 0 Å². The lowest BCUT2D eigenvalue weighted by Crippen LogP contribution is -2.20. The van der Waals surface area contributed by atoms with Crippen molar-refractivity contribution >= 4 is 17.2 Å². The molecule has 94 valence electrons. The molecule has 0 fully saturated rings. The third kappa shape index (κ3) is 4.56. The Hall–Kier alpha value is -1.86. The van der Waals surface area contributed by atoms with Gasteiger partial charge in [0.25, 0.3) is 0 Å². The number of aryl methyl sites for hydroxylation is 1. The van der Waals surface area contributed by atoms with Gasteiger partial charge in [0.05, 0.1) is 0 Å². The summed E-state index contributed by atoms with van der Waals surface area (Å²) in [7, 11) is 0. The van der Waals surface area contributed by atoms with Crippen LogP contribution in [0.5, 0.6) is 0 Å². The maximum absolute atomic E-state index is 8.89. The topological polar surface area (TPSA) is 61.8 Å². The number of hydrogen-bond acceptors (Lipinski definition) is 3. The monoisotopic (exact) mass is 259 g/mol. The first-order valence-electron chi connectivity index (χ1n) is 5.83. The van der Waals surface area contributed by atoms with Gasteiger partial charge in [-0.3, -0.25) is 0 Å². The van der Waals surface area contributed by atoms with E-state index in [0.29, 0.717) is 5.57 Å². The molecule has 18 heavy (non-hydrogen) atoms. The van der Waals surface area contributed by atoms with Crippen LogP contribution in [0.2, 0.25) is 0 Å². The molecule has 1 rings (SSSR count). The Kier molecular flexibility index (Phi) is 5.89. The molecule has 1 aromatic rings. The van der Waals surface area contributed by atoms with Crippen LogP contribution in [0.15, 0.2) is 41.6 Å². The SMILES string of the molecule is C/C(NCCCc1ccccc1)=C(/C#N)C(N)=S. The molecule has 0 saturated carbocycles. The molecule has 0 amide bonds. The molecular formula is C14H17N3S. The zero-order valence-corrected chi connectivity index (χ0v) is 11.3. The first kappa shape index (κ1) is 14.2. The number of rotatable bonds is 6. The van der Waals surface area contributed by atoms with E-state index < -0.39 is 0 Å². The average Bonchev–Trinajstić information content (AvgIpc) is 2.36. The number of hydrogen-bond donors (Lipinski definition) is 2. The van der Waals surface area contributed by atoms with E-state index >= 15 is 0 Å². The van der Waals surface area contributed by atoms with Gasteiger partial charge >= 0.3 is 0 Å². The molecule has 0 unspecified atom stereocenters. The molecule has 0 aliphatic rings. The summed E-state index contributed by atoms with van der Waals surface area (Å²) in [4.78, 5) is 0.144. The van der Waals surface area contributed by atoms with Crippen molar-refractivity contribution in [2.24, 2.45) is 5.73 Å². The van der Waals surface area contributed by atoms with Crippen LogP contribution in [0.3, 0.4) is 0 Å². The molecule has 3 nitrogen and oxygen atoms in total. The molecule has 0 aromatic heterocycles. The number of nitrogens with zero attached hydrogens (tertiary/aromatic N) is 1. The predicted molar refractivity (Wildman–Crippen MR) is 77.9 cm³/mol. The fourth-order valence-electron chi connectivity index (χ4n) is 1.63. The summed E-state index contributed by atoms with van der Waals surface area (Å²) < 4.78 is 0. The quantitative estimate of drug-likeness (QED) is 0.356. The summed E-state index contributed by atoms with van der Waals surface area (Å²) in [5.41, 5.74) is 7.88. The molecule has 1 aromatic carbocycles. The average molecular weight is 259 g/mol. The van der Waals surface area contributed by atoms with Crippen molar-refractivity contribution < 1.29 is 0 Å². The van der Waals surface area contributed by atoms with Gasteiger partial charge in [-0.05, 0) is 25.3 Å². The lowest BCUT2D eigenvalue weighted by atomic mass is 10.1. The first-order chi connectivity index (χ1) is 8.65. The van der Waals surface area contributed by atoms with Crippen LogP contribution in [0.4, 0.5) is 0 Å². The van der Waals surface area contributed by atoms with Crippen molar-refractivity contribution in [1.82, 2.24) is 5.32 Å². The summed E-state index contributed by atoms with van der Waals surface area (Å²) >= 11 is 4.81. The minimum atomic E-state index is 0.144. The summed E-state index contributed by atoms with van der Waals surface area (Å²) in [6, 6.07) is 12.3. The van der Waals surface area contributed by atoms with Crippen molar-refractivity contribution in [3.05, 3.63) is 47.2 Å². The van der Waals surface area contributed by atoms with Gasteiger partial charge in [-0.15, -0.1) is 0 Å². The molecule has 0 radical (unpaired) electrons. The zero-order chi connectivity index (χ0) is 13.4. The molecule has 0 spiro atoms. The van der Waals surface area contributed by atoms with E-state index in [0.717, 1.165) is 25.1 Å². The first-order valence-corrected chi connectivity index (χ1v) is 6.24. The largest absolute Gasteiger partial charge is 0.389 e. The van der Waals surface area contributed by atoms with Gasteiger partial charge < -0.3 is 11.1 Å². The van der Waals surface area contributed by atoms with E-state index in [-0.39, 0.29) is 4.99 Å². The van der Waals surface area contributed by atoms with E-state index in [4.69, 9.17) is 23.2 Å². The van der Waals surface area contributed by atoms with Crippen molar-refractivity contribution in [2.75, 3.05) is 6.54 Å². The normalized spacial score (nSPS) is 11.3. The van der Waals surface area contributed by atoms with E-state index in [1.54, 1.807) is 0 Å². The fraction of sp³-hybridized carbons (Fsp3) is 0.286. The van der Waals surface area contributed by atoms with Crippen molar-refractivity contribution in [1.29, 1.82) is 5.26 Å². The molecule has 0 atom stereocenters. The predicted octanol–water partition coefficient (Wildman–Crippen LogP) is 2.29. The van der Waals surface area contributed by atoms with Crippen LogP contribution in [0, 0.1) is 11.3 Å². The Labute approximate surface area is 113 Å². The number of allylic oxidation sites excluding steroid dienone is 1. The number of nitrogens with one attached hydrogen (secondary N) is 1. The lowest BCUT2D eigenvalue weighted by Gasteiger charge is -2.08. The van der Waals surface area contributed by atoms with Crippen molar-refractivity contribution in [3.63, 3.8) is 0 Å². The fourth-order valence-corrected chi connectivity index (χ4v) is 1.82. The molecule has 0 aliphatic heterocycles. The number of thiocarbonyl (C=S) groups is 1. The van der Waals surface area contributed by atoms with Gasteiger partial charge in [0.1, 0.15) is 16.6 Å². The Morgan fingerprint density at radius 2 is 2.06 bits per heavy atom. The van der Waals surface area contributed by atoms with Crippen molar-refractivity contribution in [3.8, 4) is 6.07 Å². The lowest BCUT2D eigenvalue weighted by molar-refractivity contribution is 0.722. The van der Waals surface area contributed by atoms with E-state index in [9.17, 15) is 0 Å². The highest BCUT2D eigenvalue weighted by Gasteiger charge is 2.04. The third-order valence-electron chi connectivity index (χ3n) is 2.61. The molecule has 4 heteroatoms. The van der Waals surface area contributed by atoms with Crippen LogP contribution in [0.25, 0.3) is 0 Å². The van der Waals surface area contributed by atoms with Gasteiger partial charge in [-0.1, -0.05) is 42.5 Å². The van der Waals surface area contributed by atoms with Gasteiger partial charge in [0, 0.05) is 12.2 Å². The molecule has 0 saturated heterocycles. The second kappa shape index (κ2) is 7.46. The molecular weight excluding hydrogens is 242 g/mol. The summed E-state index contributed by atoms with van der Waals surface area (Å²) in [6.07, 6.45) is 2.01. The Bertz CT molecular complexity index is 472. The van der Waals surface area contributed by atoms with Crippen molar-refractivity contribution in [2.45, 2.75) is 19.8 Å². The molecule has 0 bridgehead atoms. The van der Waals surface area contributed by atoms with Crippen LogP contribution >= 0.6 is 12.2 Å². The number of nitriles is 1. The van der Waals surface area contributed by atoms with Gasteiger partial charge in [-0.2, -0.15) is 5.26 Å². The smallest absolute Gasteiger partial charge is 0.116 e. The van der Waals surface area contributed by atoms with E-state index in [2.05, 4.69) is 17.4 Å². The second-order valence-electron chi connectivity index (χ2n) is 3.99. The number of benzene rings is 1. The van der Waals surface area contributed by atoms with Crippen LogP contribution in [-0.2, 0) is 6.42 Å². The van der Waals surface area contributed by atoms with Crippen LogP contribution in [0.1, 0.15) is 18.9 Å². The highest BCUT2D eigenvalue weighted by molar-refractivity contribution is 7.80. The number of nitrogens with two attached hydrogens (primary N) is 1. The van der Waals surface area contributed by atoms with E-state index in [1.165, 1.54) is 5.56 Å². The Morgan fingerprint density at radius 1 is 1.39 bits per heavy atom. The second-order valence-corrected chi connectivity index (χ2v) is 4.43. The summed E-state index contributed by atoms with van der Waals surface area (Å²) in [5, 5.41) is 12.1. The maximum atomic E-state index is 8.89. The molecule has 0 heterocycles. The molecule has 0 aliphatic carbocycles. The van der Waals surface area contributed by atoms with Crippen LogP contribution < -0.4 is 11.1 Å². The minimum absolute atomic E-state index is 0.144. The van der Waals surface area contributed by atoms with Gasteiger partial charge in [0.15, 0.2) is 0 Å². The summed E-state index contributed by atoms with van der Waals surface area (Å²) in [5.74, 6) is 0. The summed E-state index contributed by atoms with van der Waals surface area (Å²) in [6.45, 7) is 2.62. The Morgan fingerprint density at radius 3 is 2.61 bits per heavy atom. The standard InChI is InChI=1S/C14H17N3S/c1-11(13(10-15)14(16)18)17-9-5-8-12-6-3-2-4-7-12/h2-4,6-7,17H,5,8-9H2,1H3,(H2,16,18)/b13-11+. The highest BCUT2D eigenvalue weighted by Crippen LogP contribution is 2.03.